The van der Waals surface area contributed by atoms with E-state index in [1.807, 2.05) is 6.92 Å². The van der Waals surface area contributed by atoms with E-state index >= 15 is 0 Å². The van der Waals surface area contributed by atoms with Crippen molar-refractivity contribution in [2.45, 2.75) is 201 Å². The minimum atomic E-state index is -0.643. The van der Waals surface area contributed by atoms with Crippen molar-refractivity contribution in [3.05, 3.63) is 0 Å². The molecule has 0 saturated carbocycles. The van der Waals surface area contributed by atoms with Crippen LogP contribution in [0.25, 0.3) is 0 Å². The van der Waals surface area contributed by atoms with Crippen LogP contribution in [0.2, 0.25) is 0 Å². The number of rotatable bonds is 26. The van der Waals surface area contributed by atoms with Crippen molar-refractivity contribution < 1.29 is 9.90 Å². The third-order valence-electron chi connectivity index (χ3n) is 7.83. The van der Waals surface area contributed by atoms with Crippen LogP contribution in [-0.2, 0) is 4.79 Å². The van der Waals surface area contributed by atoms with Crippen LogP contribution in [0.1, 0.15) is 195 Å². The summed E-state index contributed by atoms with van der Waals surface area (Å²) >= 11 is 0. The van der Waals surface area contributed by atoms with Gasteiger partial charge in [0.15, 0.2) is 0 Å². The SMILES string of the molecule is CCCCC(CC)C(=O)O.CCCCCCCCC(N)(CCCCCCCC)CCCCCCCC. The first-order chi connectivity index (χ1) is 17.4. The number of nitrogens with two attached hydrogens (primary N) is 1. The second kappa shape index (κ2) is 29.0. The molecule has 36 heavy (non-hydrogen) atoms. The lowest BCUT2D eigenvalue weighted by Gasteiger charge is -2.30. The predicted molar refractivity (Wildman–Crippen MR) is 162 cm³/mol. The van der Waals surface area contributed by atoms with Crippen molar-refractivity contribution in [1.29, 1.82) is 0 Å². The minimum absolute atomic E-state index is 0.111. The first-order valence-electron chi connectivity index (χ1n) is 16.4. The second-order valence-corrected chi connectivity index (χ2v) is 11.5. The van der Waals surface area contributed by atoms with Crippen LogP contribution in [0.5, 0.6) is 0 Å². The molecule has 3 N–H and O–H groups in total. The maximum Gasteiger partial charge on any atom is 0.306 e. The Hall–Kier alpha value is -0.570. The molecule has 0 heterocycles. The normalized spacial score (nSPS) is 12.3. The first-order valence-corrected chi connectivity index (χ1v) is 16.4. The largest absolute Gasteiger partial charge is 0.481 e. The summed E-state index contributed by atoms with van der Waals surface area (Å²) in [5, 5.41) is 8.60. The van der Waals surface area contributed by atoms with E-state index in [0.29, 0.717) is 0 Å². The smallest absolute Gasteiger partial charge is 0.306 e. The van der Waals surface area contributed by atoms with Gasteiger partial charge in [-0.15, -0.1) is 0 Å². The van der Waals surface area contributed by atoms with Gasteiger partial charge < -0.3 is 10.8 Å². The van der Waals surface area contributed by atoms with Crippen molar-refractivity contribution in [2.24, 2.45) is 11.7 Å². The first kappa shape index (κ1) is 37.6. The topological polar surface area (TPSA) is 63.3 Å². The minimum Gasteiger partial charge on any atom is -0.481 e. The molecule has 0 radical (unpaired) electrons. The standard InChI is InChI=1S/C25H53N.C8H16O2/c1-4-7-10-13-16-19-22-25(26,23-20-17-14-11-8-5-2)24-21-18-15-12-9-6-3;1-3-5-6-7(4-2)8(9)10/h4-24,26H2,1-3H3;7H,3-6H2,1-2H3,(H,9,10). The summed E-state index contributed by atoms with van der Waals surface area (Å²) in [7, 11) is 0. The van der Waals surface area contributed by atoms with Gasteiger partial charge in [-0.2, -0.15) is 0 Å². The lowest BCUT2D eigenvalue weighted by Crippen LogP contribution is -2.39. The molecule has 0 aromatic carbocycles. The monoisotopic (exact) mass is 512 g/mol. The van der Waals surface area contributed by atoms with Gasteiger partial charge in [0.1, 0.15) is 0 Å². The molecule has 0 spiro atoms. The molecule has 0 amide bonds. The van der Waals surface area contributed by atoms with E-state index in [9.17, 15) is 4.79 Å². The van der Waals surface area contributed by atoms with E-state index in [1.165, 1.54) is 135 Å². The fourth-order valence-corrected chi connectivity index (χ4v) is 5.10. The summed E-state index contributed by atoms with van der Waals surface area (Å²) in [5.74, 6) is -0.754. The quantitative estimate of drug-likeness (QED) is 0.113. The molecule has 0 bridgehead atoms. The number of unbranched alkanes of at least 4 members (excludes halogenated alkanes) is 16. The van der Waals surface area contributed by atoms with Gasteiger partial charge in [-0.1, -0.05) is 163 Å². The Morgan fingerprint density at radius 2 is 0.861 bits per heavy atom. The molecule has 1 atom stereocenters. The summed E-state index contributed by atoms with van der Waals surface area (Å²) < 4.78 is 0. The van der Waals surface area contributed by atoms with E-state index in [0.717, 1.165) is 25.7 Å². The van der Waals surface area contributed by atoms with Crippen LogP contribution in [0, 0.1) is 5.92 Å². The number of hydrogen-bond acceptors (Lipinski definition) is 2. The number of hydrogen-bond donors (Lipinski definition) is 2. The summed E-state index contributed by atoms with van der Waals surface area (Å²) in [6.07, 6.45) is 32.5. The molecule has 3 heteroatoms. The fourth-order valence-electron chi connectivity index (χ4n) is 5.10. The molecule has 0 rings (SSSR count). The van der Waals surface area contributed by atoms with E-state index < -0.39 is 5.97 Å². The molecular formula is C33H69NO2. The Morgan fingerprint density at radius 1 is 0.556 bits per heavy atom. The van der Waals surface area contributed by atoms with Crippen molar-refractivity contribution >= 4 is 5.97 Å². The van der Waals surface area contributed by atoms with Crippen molar-refractivity contribution in [3.8, 4) is 0 Å². The molecule has 1 unspecified atom stereocenters. The Bertz CT molecular complexity index is 397. The highest BCUT2D eigenvalue weighted by Crippen LogP contribution is 2.27. The van der Waals surface area contributed by atoms with Crippen LogP contribution in [0.4, 0.5) is 0 Å². The molecule has 0 saturated heterocycles. The Balaban J connectivity index is 0. The lowest BCUT2D eigenvalue weighted by molar-refractivity contribution is -0.142. The van der Waals surface area contributed by atoms with E-state index in [4.69, 9.17) is 10.8 Å². The fraction of sp³-hybridized carbons (Fsp3) is 0.970. The molecule has 0 aliphatic heterocycles. The summed E-state index contributed by atoms with van der Waals surface area (Å²) in [6, 6.07) is 0. The van der Waals surface area contributed by atoms with E-state index in [1.54, 1.807) is 0 Å². The Kier molecular flexibility index (Phi) is 30.3. The van der Waals surface area contributed by atoms with Crippen molar-refractivity contribution in [1.82, 2.24) is 0 Å². The Morgan fingerprint density at radius 3 is 1.14 bits per heavy atom. The molecule has 0 aromatic heterocycles. The maximum absolute atomic E-state index is 10.4. The molecule has 0 fully saturated rings. The average Bonchev–Trinajstić information content (AvgIpc) is 2.86. The average molecular weight is 512 g/mol. The zero-order valence-corrected chi connectivity index (χ0v) is 25.7. The third-order valence-corrected chi connectivity index (χ3v) is 7.83. The van der Waals surface area contributed by atoms with Gasteiger partial charge in [0.25, 0.3) is 0 Å². The number of carboxylic acid groups (broad SMARTS) is 1. The molecule has 218 valence electrons. The van der Waals surface area contributed by atoms with Crippen LogP contribution in [0.3, 0.4) is 0 Å². The van der Waals surface area contributed by atoms with Crippen molar-refractivity contribution in [2.75, 3.05) is 0 Å². The molecule has 0 aromatic rings. The van der Waals surface area contributed by atoms with Crippen LogP contribution in [-0.4, -0.2) is 16.6 Å². The van der Waals surface area contributed by atoms with Gasteiger partial charge in [0.05, 0.1) is 5.92 Å². The van der Waals surface area contributed by atoms with Gasteiger partial charge in [0.2, 0.25) is 0 Å². The van der Waals surface area contributed by atoms with Gasteiger partial charge in [-0.05, 0) is 32.1 Å². The summed E-state index contributed by atoms with van der Waals surface area (Å²) in [6.45, 7) is 10.9. The van der Waals surface area contributed by atoms with Gasteiger partial charge in [-0.25, -0.2) is 0 Å². The van der Waals surface area contributed by atoms with Gasteiger partial charge in [0, 0.05) is 5.54 Å². The summed E-state index contributed by atoms with van der Waals surface area (Å²) in [4.78, 5) is 10.4. The molecule has 3 nitrogen and oxygen atoms in total. The zero-order chi connectivity index (χ0) is 27.3. The van der Waals surface area contributed by atoms with Crippen LogP contribution < -0.4 is 5.73 Å². The zero-order valence-electron chi connectivity index (χ0n) is 25.7. The van der Waals surface area contributed by atoms with Gasteiger partial charge >= 0.3 is 5.97 Å². The van der Waals surface area contributed by atoms with E-state index in [2.05, 4.69) is 27.7 Å². The van der Waals surface area contributed by atoms with Crippen LogP contribution >= 0.6 is 0 Å². The highest BCUT2D eigenvalue weighted by atomic mass is 16.4. The molecule has 0 aliphatic rings. The van der Waals surface area contributed by atoms with Crippen LogP contribution in [0.15, 0.2) is 0 Å². The molecular weight excluding hydrogens is 442 g/mol. The number of aliphatic carboxylic acids is 1. The highest BCUT2D eigenvalue weighted by Gasteiger charge is 2.23. The molecule has 0 aliphatic carbocycles. The lowest BCUT2D eigenvalue weighted by atomic mass is 9.82. The highest BCUT2D eigenvalue weighted by molar-refractivity contribution is 5.69. The third kappa shape index (κ3) is 26.5. The number of carboxylic acids is 1. The summed E-state index contributed by atoms with van der Waals surface area (Å²) in [5.41, 5.74) is 7.06. The van der Waals surface area contributed by atoms with Crippen molar-refractivity contribution in [3.63, 3.8) is 0 Å². The van der Waals surface area contributed by atoms with Gasteiger partial charge in [-0.3, -0.25) is 4.79 Å². The second-order valence-electron chi connectivity index (χ2n) is 11.5. The maximum atomic E-state index is 10.4. The van der Waals surface area contributed by atoms with E-state index in [-0.39, 0.29) is 11.5 Å². The Labute approximate surface area is 228 Å². The number of carbonyl (C=O) groups is 1. The predicted octanol–water partition coefficient (Wildman–Crippen LogP) is 11.2.